The third-order valence-electron chi connectivity index (χ3n) is 0. The zero-order chi connectivity index (χ0) is 4.71. The SMILES string of the molecule is C[CH-]C.[O]=[Os]. The van der Waals surface area contributed by atoms with Crippen molar-refractivity contribution in [2.45, 2.75) is 13.8 Å². The molecule has 0 aliphatic heterocycles. The molecule has 0 spiro atoms. The molecule has 0 aliphatic rings. The molecule has 0 atom stereocenters. The van der Waals surface area contributed by atoms with Crippen molar-refractivity contribution in [2.24, 2.45) is 0 Å². The topological polar surface area (TPSA) is 17.1 Å². The van der Waals surface area contributed by atoms with Crippen LogP contribution >= 0.6 is 0 Å². The second-order valence-electron chi connectivity index (χ2n) is 0.577. The molecule has 0 aliphatic carbocycles. The molecule has 0 aromatic heterocycles. The van der Waals surface area contributed by atoms with Crippen LogP contribution in [0.4, 0.5) is 0 Å². The van der Waals surface area contributed by atoms with Crippen LogP contribution in [0.25, 0.3) is 0 Å². The van der Waals surface area contributed by atoms with Gasteiger partial charge in [-0.15, -0.1) is 0 Å². The van der Waals surface area contributed by atoms with Crippen LogP contribution in [0.1, 0.15) is 13.8 Å². The molecule has 0 heterocycles. The summed E-state index contributed by atoms with van der Waals surface area (Å²) < 4.78 is 8.28. The molecular weight excluding hydrogens is 242 g/mol. The molecule has 1 nitrogen and oxygen atoms in total. The molecule has 0 radical (unpaired) electrons. The Labute approximate surface area is 43.0 Å². The van der Waals surface area contributed by atoms with Crippen molar-refractivity contribution < 1.29 is 22.1 Å². The molecule has 0 saturated heterocycles. The summed E-state index contributed by atoms with van der Waals surface area (Å²) in [6.45, 7) is 4.00. The predicted molar refractivity (Wildman–Crippen MR) is 16.3 cm³/mol. The van der Waals surface area contributed by atoms with E-state index >= 15 is 0 Å². The van der Waals surface area contributed by atoms with E-state index in [1.54, 1.807) is 0 Å². The second kappa shape index (κ2) is 25.4. The van der Waals surface area contributed by atoms with Crippen LogP contribution in [0.5, 0.6) is 0 Å². The van der Waals surface area contributed by atoms with E-state index in [1.807, 2.05) is 20.3 Å². The summed E-state index contributed by atoms with van der Waals surface area (Å²) in [5.41, 5.74) is 0. The van der Waals surface area contributed by atoms with Crippen molar-refractivity contribution in [3.63, 3.8) is 0 Å². The van der Waals surface area contributed by atoms with E-state index in [-0.39, 0.29) is 0 Å². The Hall–Kier alpha value is 0.436. The minimum absolute atomic E-state index is 0.611. The van der Waals surface area contributed by atoms with Crippen LogP contribution in [0.15, 0.2) is 0 Å². The molecule has 0 unspecified atom stereocenters. The Balaban J connectivity index is 0. The first kappa shape index (κ1) is 9.06. The number of hydrogen-bond acceptors (Lipinski definition) is 1. The van der Waals surface area contributed by atoms with E-state index < -0.39 is 0 Å². The third-order valence-corrected chi connectivity index (χ3v) is 0. The quantitative estimate of drug-likeness (QED) is 0.588. The summed E-state index contributed by atoms with van der Waals surface area (Å²) in [5.74, 6) is 0. The summed E-state index contributed by atoms with van der Waals surface area (Å²) >= 11 is 0.611. The molecule has 0 N–H and O–H groups in total. The minimum atomic E-state index is 0.611. The standard InChI is InChI=1S/C3H7.O.Os/c1-3-2;;/h3H,1-2H3;;/q-1;;. The van der Waals surface area contributed by atoms with Crippen molar-refractivity contribution in [1.82, 2.24) is 0 Å². The normalized spacial score (nSPS) is 4.60. The average Bonchev–Trinajstić information content (AvgIpc) is 1.46. The molecule has 0 aromatic carbocycles. The Morgan fingerprint density at radius 2 is 1.40 bits per heavy atom. The first-order valence-corrected chi connectivity index (χ1v) is 2.34. The molecule has 0 fully saturated rings. The van der Waals surface area contributed by atoms with E-state index in [2.05, 4.69) is 0 Å². The van der Waals surface area contributed by atoms with Gasteiger partial charge in [-0.05, 0) is 0 Å². The Morgan fingerprint density at radius 3 is 1.40 bits per heavy atom. The van der Waals surface area contributed by atoms with Gasteiger partial charge in [0.15, 0.2) is 0 Å². The fourth-order valence-corrected chi connectivity index (χ4v) is 0. The van der Waals surface area contributed by atoms with Gasteiger partial charge in [-0.1, -0.05) is 0 Å². The van der Waals surface area contributed by atoms with Gasteiger partial charge in [0.05, 0.1) is 0 Å². The Morgan fingerprint density at radius 1 is 1.40 bits per heavy atom. The molecule has 2 heteroatoms. The van der Waals surface area contributed by atoms with Crippen LogP contribution in [0.3, 0.4) is 0 Å². The zero-order valence-electron chi connectivity index (χ0n) is 3.34. The average molecular weight is 249 g/mol. The summed E-state index contributed by atoms with van der Waals surface area (Å²) in [6, 6.07) is 0. The monoisotopic (exact) mass is 251 g/mol. The summed E-state index contributed by atoms with van der Waals surface area (Å²) in [6.07, 6.45) is 2.00. The van der Waals surface area contributed by atoms with Crippen molar-refractivity contribution in [3.8, 4) is 0 Å². The van der Waals surface area contributed by atoms with Crippen molar-refractivity contribution in [1.29, 1.82) is 0 Å². The summed E-state index contributed by atoms with van der Waals surface area (Å²) in [5, 5.41) is 0. The van der Waals surface area contributed by atoms with E-state index in [1.165, 1.54) is 0 Å². The first-order chi connectivity index (χ1) is 2.41. The molecule has 0 amide bonds. The Kier molecular flexibility index (Phi) is 46.0. The van der Waals surface area contributed by atoms with Gasteiger partial charge >= 0.3 is 22.1 Å². The van der Waals surface area contributed by atoms with Crippen LogP contribution in [0, 0.1) is 6.42 Å². The molecule has 0 aromatic rings. The van der Waals surface area contributed by atoms with Gasteiger partial charge in [0.2, 0.25) is 0 Å². The molecule has 0 rings (SSSR count). The maximum absolute atomic E-state index is 8.28. The number of hydrogen-bond donors (Lipinski definition) is 0. The molecular formula is C3H7OOs-. The fourth-order valence-electron chi connectivity index (χ4n) is 0. The summed E-state index contributed by atoms with van der Waals surface area (Å²) in [7, 11) is 0. The van der Waals surface area contributed by atoms with E-state index in [0.29, 0.717) is 18.6 Å². The van der Waals surface area contributed by atoms with Crippen LogP contribution in [0.2, 0.25) is 0 Å². The van der Waals surface area contributed by atoms with Crippen molar-refractivity contribution >= 4 is 0 Å². The molecule has 34 valence electrons. The predicted octanol–water partition coefficient (Wildman–Crippen LogP) is 1.11. The fraction of sp³-hybridized carbons (Fsp3) is 0.667. The number of rotatable bonds is 0. The van der Waals surface area contributed by atoms with Gasteiger partial charge < -0.3 is 6.42 Å². The van der Waals surface area contributed by atoms with Crippen LogP contribution in [-0.2, 0) is 22.1 Å². The van der Waals surface area contributed by atoms with Crippen LogP contribution < -0.4 is 0 Å². The summed E-state index contributed by atoms with van der Waals surface area (Å²) in [4.78, 5) is 0. The van der Waals surface area contributed by atoms with Crippen LogP contribution in [-0.4, -0.2) is 0 Å². The van der Waals surface area contributed by atoms with Gasteiger partial charge in [-0.2, -0.15) is 13.8 Å². The van der Waals surface area contributed by atoms with Crippen molar-refractivity contribution in [3.05, 3.63) is 6.42 Å². The van der Waals surface area contributed by atoms with Crippen molar-refractivity contribution in [2.75, 3.05) is 0 Å². The molecule has 5 heavy (non-hydrogen) atoms. The van der Waals surface area contributed by atoms with Gasteiger partial charge in [0, 0.05) is 0 Å². The molecule has 0 saturated carbocycles. The van der Waals surface area contributed by atoms with E-state index in [0.717, 1.165) is 0 Å². The van der Waals surface area contributed by atoms with Gasteiger partial charge in [0.25, 0.3) is 0 Å². The van der Waals surface area contributed by atoms with Gasteiger partial charge in [0.1, 0.15) is 0 Å². The second-order valence-corrected chi connectivity index (χ2v) is 0.577. The Bertz CT molecular complexity index is 10.9. The van der Waals surface area contributed by atoms with Gasteiger partial charge in [-0.3, -0.25) is 0 Å². The maximum atomic E-state index is 8.28. The zero-order valence-corrected chi connectivity index (χ0v) is 5.88. The first-order valence-electron chi connectivity index (χ1n) is 1.30. The van der Waals surface area contributed by atoms with Gasteiger partial charge in [-0.25, -0.2) is 0 Å². The third kappa shape index (κ3) is 138. The van der Waals surface area contributed by atoms with E-state index in [4.69, 9.17) is 3.54 Å². The molecule has 0 bridgehead atoms. The van der Waals surface area contributed by atoms with E-state index in [9.17, 15) is 0 Å².